The van der Waals surface area contributed by atoms with E-state index in [1.807, 2.05) is 26.8 Å². The number of aliphatic hydroxyl groups is 1. The fourth-order valence-electron chi connectivity index (χ4n) is 3.83. The van der Waals surface area contributed by atoms with Gasteiger partial charge in [-0.3, -0.25) is 9.79 Å². The van der Waals surface area contributed by atoms with Gasteiger partial charge in [-0.05, 0) is 95.6 Å². The number of benzene rings is 1. The first-order valence-corrected chi connectivity index (χ1v) is 14.4. The molecule has 1 aromatic carbocycles. The fraction of sp³-hybridized carbons (Fsp3) is 0.576. The summed E-state index contributed by atoms with van der Waals surface area (Å²) in [6.45, 7) is 12.6. The molecule has 1 fully saturated rings. The van der Waals surface area contributed by atoms with E-state index in [-0.39, 0.29) is 5.78 Å². The maximum atomic E-state index is 12.5. The summed E-state index contributed by atoms with van der Waals surface area (Å²) in [7, 11) is 0. The third-order valence-corrected chi connectivity index (χ3v) is 6.35. The molecule has 0 saturated heterocycles. The van der Waals surface area contributed by atoms with Crippen LogP contribution in [0.15, 0.2) is 58.3 Å². The van der Waals surface area contributed by atoms with Crippen molar-refractivity contribution in [2.75, 3.05) is 0 Å². The minimum absolute atomic E-state index is 0.217. The van der Waals surface area contributed by atoms with Crippen LogP contribution in [0, 0.1) is 18.6 Å². The smallest absolute Gasteiger partial charge is 0.389 e. The third-order valence-electron chi connectivity index (χ3n) is 6.35. The number of carbonyl (C=O) groups excluding carboxylic acids is 1. The Bertz CT molecular complexity index is 1010. The van der Waals surface area contributed by atoms with Crippen LogP contribution in [0.4, 0.5) is 22.0 Å². The first-order chi connectivity index (χ1) is 19.1. The molecule has 232 valence electrons. The standard InChI is InChI=1S/C17H26F3N.C9H16O2.C7H6F2/c1-6-8-10-13(3)16(21-15(5)9-7-2)12-11-14(4)17(18,19)20;1-2-4-8(10)7-9(11)5-3-6-9;1-5-2-6(8)4-7(9)3-5/h10-12H,6-9H2,1-5H3;11H,2-7H2,1H3;2-4H,1H3/b13-10+,14-11+,16-12+,21-15?;;. The maximum absolute atomic E-state index is 12.5. The number of aryl methyl sites for hydroxylation is 1. The zero-order chi connectivity index (χ0) is 31.6. The second kappa shape index (κ2) is 19.5. The highest BCUT2D eigenvalue weighted by Crippen LogP contribution is 2.35. The number of ketones is 1. The van der Waals surface area contributed by atoms with Crippen LogP contribution in [0.1, 0.15) is 111 Å². The van der Waals surface area contributed by atoms with Crippen molar-refractivity contribution in [2.24, 2.45) is 4.99 Å². The first-order valence-electron chi connectivity index (χ1n) is 14.4. The van der Waals surface area contributed by atoms with Gasteiger partial charge < -0.3 is 5.11 Å². The lowest BCUT2D eigenvalue weighted by atomic mass is 9.76. The molecule has 0 aromatic heterocycles. The minimum Gasteiger partial charge on any atom is -0.389 e. The van der Waals surface area contributed by atoms with Gasteiger partial charge in [-0.2, -0.15) is 13.2 Å². The molecule has 0 unspecified atom stereocenters. The van der Waals surface area contributed by atoms with Crippen LogP contribution in [0.3, 0.4) is 0 Å². The van der Waals surface area contributed by atoms with Gasteiger partial charge in [0.25, 0.3) is 0 Å². The molecular weight excluding hydrogens is 537 g/mol. The number of carbonyl (C=O) groups is 1. The fourth-order valence-corrected chi connectivity index (χ4v) is 3.83. The highest BCUT2D eigenvalue weighted by Gasteiger charge is 2.35. The molecule has 3 nitrogen and oxygen atoms in total. The maximum Gasteiger partial charge on any atom is 0.412 e. The Labute approximate surface area is 243 Å². The van der Waals surface area contributed by atoms with Crippen molar-refractivity contribution in [3.05, 3.63) is 70.5 Å². The molecule has 1 aliphatic rings. The van der Waals surface area contributed by atoms with E-state index < -0.39 is 29.0 Å². The zero-order valence-corrected chi connectivity index (χ0v) is 25.7. The molecule has 1 N–H and O–H groups in total. The summed E-state index contributed by atoms with van der Waals surface area (Å²) in [5.74, 6) is -0.824. The summed E-state index contributed by atoms with van der Waals surface area (Å²) in [5.41, 5.74) is 1.84. The first kappa shape index (κ1) is 38.4. The lowest BCUT2D eigenvalue weighted by Crippen LogP contribution is -2.38. The van der Waals surface area contributed by atoms with E-state index in [0.717, 1.165) is 81.7 Å². The number of hydrogen-bond acceptors (Lipinski definition) is 3. The van der Waals surface area contributed by atoms with Gasteiger partial charge in [0.05, 0.1) is 11.3 Å². The van der Waals surface area contributed by atoms with Crippen LogP contribution in [0.5, 0.6) is 0 Å². The van der Waals surface area contributed by atoms with Gasteiger partial charge in [0.1, 0.15) is 17.4 Å². The molecule has 0 amide bonds. The number of nitrogens with zero attached hydrogens (tertiary/aromatic N) is 1. The quantitative estimate of drug-likeness (QED) is 0.160. The van der Waals surface area contributed by atoms with E-state index in [4.69, 9.17) is 0 Å². The van der Waals surface area contributed by atoms with Crippen LogP contribution in [-0.2, 0) is 4.79 Å². The second-order valence-corrected chi connectivity index (χ2v) is 10.7. The summed E-state index contributed by atoms with van der Waals surface area (Å²) in [5, 5.41) is 9.59. The van der Waals surface area contributed by atoms with E-state index in [1.54, 1.807) is 6.92 Å². The van der Waals surface area contributed by atoms with E-state index in [2.05, 4.69) is 18.8 Å². The molecular formula is C33H48F5NO2. The Morgan fingerprint density at radius 1 is 0.951 bits per heavy atom. The van der Waals surface area contributed by atoms with Gasteiger partial charge >= 0.3 is 6.18 Å². The molecule has 1 saturated carbocycles. The summed E-state index contributed by atoms with van der Waals surface area (Å²) < 4.78 is 62.0. The van der Waals surface area contributed by atoms with Crippen molar-refractivity contribution in [1.82, 2.24) is 0 Å². The topological polar surface area (TPSA) is 49.7 Å². The predicted octanol–water partition coefficient (Wildman–Crippen LogP) is 10.3. The molecule has 0 atom stereocenters. The third kappa shape index (κ3) is 17.7. The summed E-state index contributed by atoms with van der Waals surface area (Å²) in [6, 6.07) is 3.42. The predicted molar refractivity (Wildman–Crippen MR) is 159 cm³/mol. The molecule has 2 rings (SSSR count). The van der Waals surface area contributed by atoms with Gasteiger partial charge in [0.2, 0.25) is 0 Å². The molecule has 0 radical (unpaired) electrons. The van der Waals surface area contributed by atoms with Gasteiger partial charge in [-0.25, -0.2) is 8.78 Å². The highest BCUT2D eigenvalue weighted by molar-refractivity contribution is 5.83. The van der Waals surface area contributed by atoms with E-state index in [9.17, 15) is 31.9 Å². The molecule has 0 spiro atoms. The van der Waals surface area contributed by atoms with Gasteiger partial charge in [0, 0.05) is 30.2 Å². The normalized spacial score (nSPS) is 15.7. The molecule has 0 bridgehead atoms. The lowest BCUT2D eigenvalue weighted by Gasteiger charge is -2.35. The Morgan fingerprint density at radius 2 is 1.51 bits per heavy atom. The number of unbranched alkanes of at least 4 members (excludes halogenated alkanes) is 1. The number of rotatable bonds is 11. The van der Waals surface area contributed by atoms with Crippen molar-refractivity contribution in [3.8, 4) is 0 Å². The lowest BCUT2D eigenvalue weighted by molar-refractivity contribution is -0.128. The van der Waals surface area contributed by atoms with Crippen LogP contribution in [0.25, 0.3) is 0 Å². The molecule has 1 aromatic rings. The molecule has 1 aliphatic carbocycles. The van der Waals surface area contributed by atoms with Crippen molar-refractivity contribution >= 4 is 11.5 Å². The van der Waals surface area contributed by atoms with Crippen molar-refractivity contribution in [3.63, 3.8) is 0 Å². The summed E-state index contributed by atoms with van der Waals surface area (Å²) in [6.07, 6.45) is 8.64. The van der Waals surface area contributed by atoms with Crippen LogP contribution in [0.2, 0.25) is 0 Å². The minimum atomic E-state index is -4.29. The number of alkyl halides is 3. The number of Topliss-reactive ketones (excluding diaryl/α,β-unsaturated/α-hetero) is 1. The van der Waals surface area contributed by atoms with Crippen LogP contribution < -0.4 is 0 Å². The van der Waals surface area contributed by atoms with E-state index >= 15 is 0 Å². The van der Waals surface area contributed by atoms with Gasteiger partial charge in [0.15, 0.2) is 0 Å². The van der Waals surface area contributed by atoms with Crippen molar-refractivity contribution < 1.29 is 31.9 Å². The number of hydrogen-bond donors (Lipinski definition) is 1. The second-order valence-electron chi connectivity index (χ2n) is 10.7. The monoisotopic (exact) mass is 585 g/mol. The summed E-state index contributed by atoms with van der Waals surface area (Å²) in [4.78, 5) is 15.6. The average Bonchev–Trinajstić information content (AvgIpc) is 2.83. The van der Waals surface area contributed by atoms with Gasteiger partial charge in [-0.15, -0.1) is 0 Å². The molecule has 0 aliphatic heterocycles. The zero-order valence-electron chi connectivity index (χ0n) is 25.7. The Balaban J connectivity index is 0.000000659. The summed E-state index contributed by atoms with van der Waals surface area (Å²) >= 11 is 0. The Hall–Kier alpha value is -2.61. The Kier molecular flexibility index (Phi) is 18.3. The molecule has 0 heterocycles. The Morgan fingerprint density at radius 3 is 1.93 bits per heavy atom. The van der Waals surface area contributed by atoms with Crippen molar-refractivity contribution in [2.45, 2.75) is 124 Å². The van der Waals surface area contributed by atoms with E-state index in [1.165, 1.54) is 18.2 Å². The number of halogens is 5. The van der Waals surface area contributed by atoms with Crippen LogP contribution in [-0.4, -0.2) is 28.4 Å². The molecule has 41 heavy (non-hydrogen) atoms. The van der Waals surface area contributed by atoms with Gasteiger partial charge in [-0.1, -0.05) is 45.8 Å². The number of aliphatic imine (C=N–C) groups is 1. The van der Waals surface area contributed by atoms with Crippen molar-refractivity contribution in [1.29, 1.82) is 0 Å². The highest BCUT2D eigenvalue weighted by atomic mass is 19.4. The van der Waals surface area contributed by atoms with Crippen LogP contribution >= 0.6 is 0 Å². The average molecular weight is 586 g/mol. The largest absolute Gasteiger partial charge is 0.412 e. The number of allylic oxidation sites excluding steroid dienone is 5. The SMILES string of the molecule is CCC/C=C(C)/C(=C\C=C(/C)C(F)(F)F)N=C(C)CCC.CCCC(=O)CC1(O)CCC1.Cc1cc(F)cc(F)c1. The van der Waals surface area contributed by atoms with E-state index in [0.29, 0.717) is 24.1 Å². The molecule has 8 heteroatoms.